The van der Waals surface area contributed by atoms with E-state index in [-0.39, 0.29) is 5.56 Å². The molecule has 0 saturated heterocycles. The van der Waals surface area contributed by atoms with Crippen molar-refractivity contribution in [1.29, 1.82) is 0 Å². The fraction of sp³-hybridized carbons (Fsp3) is 0.0870. The van der Waals surface area contributed by atoms with Gasteiger partial charge in [0.25, 0.3) is 5.56 Å². The van der Waals surface area contributed by atoms with Crippen LogP contribution in [0, 0.1) is 0 Å². The van der Waals surface area contributed by atoms with Crippen molar-refractivity contribution in [3.05, 3.63) is 105 Å². The Morgan fingerprint density at radius 2 is 1.69 bits per heavy atom. The Morgan fingerprint density at radius 3 is 2.41 bits per heavy atom. The Morgan fingerprint density at radius 1 is 1.00 bits per heavy atom. The number of fused-ring (bicyclic) bond motifs is 1. The summed E-state index contributed by atoms with van der Waals surface area (Å²) in [6, 6.07) is 21.5. The number of methoxy groups -OCH3 is 1. The maximum Gasteiger partial charge on any atom is 0.337 e. The van der Waals surface area contributed by atoms with Gasteiger partial charge >= 0.3 is 5.97 Å². The van der Waals surface area contributed by atoms with Crippen LogP contribution < -0.4 is 5.56 Å². The number of ether oxygens (including phenoxy) is 1. The van der Waals surface area contributed by atoms with Crippen LogP contribution in [0.3, 0.4) is 0 Å². The predicted octanol–water partition coefficient (Wildman–Crippen LogP) is 4.42. The molecule has 29 heavy (non-hydrogen) atoms. The first-order chi connectivity index (χ1) is 14.1. The molecule has 5 nitrogen and oxygen atoms in total. The molecule has 0 aliphatic heterocycles. The third kappa shape index (κ3) is 3.65. The van der Waals surface area contributed by atoms with Crippen LogP contribution in [-0.4, -0.2) is 22.6 Å². The zero-order valence-electron chi connectivity index (χ0n) is 15.6. The molecule has 0 radical (unpaired) electrons. The van der Waals surface area contributed by atoms with Crippen LogP contribution in [0.2, 0.25) is 5.02 Å². The standard InChI is InChI=1S/C23H17ClN2O3/c1-29-23(28)16-12-10-15(11-13-16)14-21-25-19-8-4-2-6-17(19)22(27)26(21)20-9-5-3-7-18(20)24/h2-13H,14H2,1H3. The lowest BCUT2D eigenvalue weighted by Gasteiger charge is -2.15. The topological polar surface area (TPSA) is 61.2 Å². The van der Waals surface area contributed by atoms with E-state index >= 15 is 0 Å². The molecular weight excluding hydrogens is 388 g/mol. The molecule has 1 aromatic heterocycles. The average Bonchev–Trinajstić information content (AvgIpc) is 2.75. The third-order valence-electron chi connectivity index (χ3n) is 4.68. The van der Waals surface area contributed by atoms with Gasteiger partial charge in [0.05, 0.1) is 34.3 Å². The minimum atomic E-state index is -0.395. The number of carbonyl (C=O) groups excluding carboxylic acids is 1. The number of hydrogen-bond donors (Lipinski definition) is 0. The van der Waals surface area contributed by atoms with Gasteiger partial charge in [-0.3, -0.25) is 9.36 Å². The van der Waals surface area contributed by atoms with E-state index in [9.17, 15) is 9.59 Å². The van der Waals surface area contributed by atoms with E-state index in [2.05, 4.69) is 0 Å². The molecule has 0 atom stereocenters. The molecule has 4 rings (SSSR count). The van der Waals surface area contributed by atoms with Gasteiger partial charge in [0.15, 0.2) is 0 Å². The molecule has 0 N–H and O–H groups in total. The van der Waals surface area contributed by atoms with E-state index in [1.165, 1.54) is 7.11 Å². The van der Waals surface area contributed by atoms with E-state index in [0.29, 0.717) is 39.4 Å². The van der Waals surface area contributed by atoms with Gasteiger partial charge in [-0.1, -0.05) is 48.0 Å². The van der Waals surface area contributed by atoms with Crippen LogP contribution in [-0.2, 0) is 11.2 Å². The Balaban J connectivity index is 1.87. The van der Waals surface area contributed by atoms with Gasteiger partial charge in [0, 0.05) is 6.42 Å². The Bertz CT molecular complexity index is 1260. The van der Waals surface area contributed by atoms with Gasteiger partial charge in [-0.15, -0.1) is 0 Å². The van der Waals surface area contributed by atoms with Crippen LogP contribution >= 0.6 is 11.6 Å². The zero-order chi connectivity index (χ0) is 20.4. The molecule has 0 spiro atoms. The molecule has 0 amide bonds. The summed E-state index contributed by atoms with van der Waals surface area (Å²) in [5.74, 6) is 0.168. The second-order valence-electron chi connectivity index (χ2n) is 6.50. The molecular formula is C23H17ClN2O3. The lowest BCUT2D eigenvalue weighted by atomic mass is 10.1. The van der Waals surface area contributed by atoms with Crippen LogP contribution in [0.5, 0.6) is 0 Å². The van der Waals surface area contributed by atoms with E-state index in [1.54, 1.807) is 34.9 Å². The van der Waals surface area contributed by atoms with Gasteiger partial charge in [0.1, 0.15) is 5.82 Å². The van der Waals surface area contributed by atoms with Crippen molar-refractivity contribution >= 4 is 28.5 Å². The van der Waals surface area contributed by atoms with E-state index < -0.39 is 5.97 Å². The van der Waals surface area contributed by atoms with Crippen molar-refractivity contribution < 1.29 is 9.53 Å². The first-order valence-corrected chi connectivity index (χ1v) is 9.39. The highest BCUT2D eigenvalue weighted by Gasteiger charge is 2.15. The van der Waals surface area contributed by atoms with Gasteiger partial charge < -0.3 is 4.74 Å². The summed E-state index contributed by atoms with van der Waals surface area (Å²) in [5, 5.41) is 0.992. The van der Waals surface area contributed by atoms with Crippen molar-refractivity contribution in [2.24, 2.45) is 0 Å². The van der Waals surface area contributed by atoms with Crippen LogP contribution in [0.4, 0.5) is 0 Å². The Labute approximate surface area is 172 Å². The van der Waals surface area contributed by atoms with Crippen LogP contribution in [0.1, 0.15) is 21.7 Å². The summed E-state index contributed by atoms with van der Waals surface area (Å²) in [6.45, 7) is 0. The molecule has 3 aromatic carbocycles. The second-order valence-corrected chi connectivity index (χ2v) is 6.91. The molecule has 144 valence electrons. The zero-order valence-corrected chi connectivity index (χ0v) is 16.4. The van der Waals surface area contributed by atoms with E-state index in [0.717, 1.165) is 5.56 Å². The second kappa shape index (κ2) is 7.89. The van der Waals surface area contributed by atoms with Crippen molar-refractivity contribution in [2.75, 3.05) is 7.11 Å². The summed E-state index contributed by atoms with van der Waals surface area (Å²) in [4.78, 5) is 29.7. The molecule has 0 fully saturated rings. The summed E-state index contributed by atoms with van der Waals surface area (Å²) in [7, 11) is 1.34. The minimum Gasteiger partial charge on any atom is -0.465 e. The highest BCUT2D eigenvalue weighted by molar-refractivity contribution is 6.32. The van der Waals surface area contributed by atoms with Crippen molar-refractivity contribution in [2.45, 2.75) is 6.42 Å². The SMILES string of the molecule is COC(=O)c1ccc(Cc2nc3ccccc3c(=O)n2-c2ccccc2Cl)cc1. The molecule has 6 heteroatoms. The monoisotopic (exact) mass is 404 g/mol. The Kier molecular flexibility index (Phi) is 5.14. The third-order valence-corrected chi connectivity index (χ3v) is 5.00. The largest absolute Gasteiger partial charge is 0.465 e. The summed E-state index contributed by atoms with van der Waals surface area (Å²) < 4.78 is 6.29. The van der Waals surface area contributed by atoms with Gasteiger partial charge in [-0.05, 0) is 42.0 Å². The van der Waals surface area contributed by atoms with E-state index in [1.807, 2.05) is 42.5 Å². The van der Waals surface area contributed by atoms with E-state index in [4.69, 9.17) is 21.3 Å². The smallest absolute Gasteiger partial charge is 0.337 e. The molecule has 1 heterocycles. The fourth-order valence-corrected chi connectivity index (χ4v) is 3.46. The first-order valence-electron chi connectivity index (χ1n) is 9.01. The van der Waals surface area contributed by atoms with Crippen molar-refractivity contribution in [1.82, 2.24) is 9.55 Å². The van der Waals surface area contributed by atoms with Crippen molar-refractivity contribution in [3.63, 3.8) is 0 Å². The van der Waals surface area contributed by atoms with Gasteiger partial charge in [-0.2, -0.15) is 0 Å². The number of para-hydroxylation sites is 2. The maximum atomic E-state index is 13.3. The molecule has 0 saturated carbocycles. The quantitative estimate of drug-likeness (QED) is 0.472. The average molecular weight is 405 g/mol. The summed E-state index contributed by atoms with van der Waals surface area (Å²) >= 11 is 6.39. The minimum absolute atomic E-state index is 0.176. The number of benzene rings is 3. The highest BCUT2D eigenvalue weighted by atomic mass is 35.5. The number of halogens is 1. The summed E-state index contributed by atoms with van der Waals surface area (Å²) in [5.41, 5.74) is 2.40. The van der Waals surface area contributed by atoms with Gasteiger partial charge in [0.2, 0.25) is 0 Å². The normalized spacial score (nSPS) is 10.8. The number of hydrogen-bond acceptors (Lipinski definition) is 4. The number of nitrogens with zero attached hydrogens (tertiary/aromatic N) is 2. The number of rotatable bonds is 4. The highest BCUT2D eigenvalue weighted by Crippen LogP contribution is 2.22. The molecule has 0 aliphatic carbocycles. The van der Waals surface area contributed by atoms with Gasteiger partial charge in [-0.25, -0.2) is 9.78 Å². The Hall–Kier alpha value is -3.44. The van der Waals surface area contributed by atoms with Crippen LogP contribution in [0.25, 0.3) is 16.6 Å². The lowest BCUT2D eigenvalue weighted by molar-refractivity contribution is 0.0600. The maximum absolute atomic E-state index is 13.3. The van der Waals surface area contributed by atoms with Crippen molar-refractivity contribution in [3.8, 4) is 5.69 Å². The van der Waals surface area contributed by atoms with Crippen LogP contribution in [0.15, 0.2) is 77.6 Å². The first kappa shape index (κ1) is 18.9. The number of esters is 1. The molecule has 4 aromatic rings. The summed E-state index contributed by atoms with van der Waals surface area (Å²) in [6.07, 6.45) is 0.396. The molecule has 0 unspecified atom stereocenters. The molecule has 0 aliphatic rings. The molecule has 0 bridgehead atoms. The number of aromatic nitrogens is 2. The fourth-order valence-electron chi connectivity index (χ4n) is 3.24. The predicted molar refractivity (Wildman–Crippen MR) is 113 cm³/mol. The number of carbonyl (C=O) groups is 1. The lowest BCUT2D eigenvalue weighted by Crippen LogP contribution is -2.24.